The highest BCUT2D eigenvalue weighted by molar-refractivity contribution is 5.24. The van der Waals surface area contributed by atoms with Crippen LogP contribution in [0, 0.1) is 5.82 Å². The number of pyridine rings is 1. The quantitative estimate of drug-likeness (QED) is 0.870. The first-order valence-electron chi connectivity index (χ1n) is 6.62. The minimum Gasteiger partial charge on any atom is -0.305 e. The number of aryl methyl sites for hydroxylation is 1. The zero-order valence-corrected chi connectivity index (χ0v) is 11.3. The van der Waals surface area contributed by atoms with Gasteiger partial charge >= 0.3 is 0 Å². The minimum absolute atomic E-state index is 0.253. The van der Waals surface area contributed by atoms with Gasteiger partial charge in [0.1, 0.15) is 5.82 Å². The van der Waals surface area contributed by atoms with Gasteiger partial charge in [0.05, 0.1) is 17.9 Å². The van der Waals surface area contributed by atoms with E-state index >= 15 is 0 Å². The van der Waals surface area contributed by atoms with Crippen LogP contribution in [0.1, 0.15) is 37.6 Å². The summed E-state index contributed by atoms with van der Waals surface area (Å²) in [5, 5.41) is 7.55. The van der Waals surface area contributed by atoms with Crippen LogP contribution < -0.4 is 5.32 Å². The molecule has 2 aromatic heterocycles. The van der Waals surface area contributed by atoms with Gasteiger partial charge in [-0.25, -0.2) is 4.39 Å². The lowest BCUT2D eigenvalue weighted by Gasteiger charge is -2.16. The number of rotatable bonds is 6. The van der Waals surface area contributed by atoms with E-state index in [0.717, 1.165) is 25.1 Å². The summed E-state index contributed by atoms with van der Waals surface area (Å²) in [5.41, 5.74) is 1.35. The van der Waals surface area contributed by atoms with Crippen molar-refractivity contribution in [3.05, 3.63) is 47.8 Å². The first-order valence-corrected chi connectivity index (χ1v) is 6.62. The molecule has 0 saturated carbocycles. The zero-order valence-electron chi connectivity index (χ0n) is 11.3. The number of aromatic nitrogens is 3. The molecule has 1 N–H and O–H groups in total. The van der Waals surface area contributed by atoms with Gasteiger partial charge in [0, 0.05) is 24.5 Å². The molecule has 1 atom stereocenters. The molecule has 0 aliphatic heterocycles. The molecule has 4 nitrogen and oxygen atoms in total. The molecule has 2 rings (SSSR count). The van der Waals surface area contributed by atoms with Crippen molar-refractivity contribution in [2.75, 3.05) is 6.54 Å². The fourth-order valence-electron chi connectivity index (χ4n) is 2.07. The van der Waals surface area contributed by atoms with Crippen molar-refractivity contribution in [1.29, 1.82) is 0 Å². The van der Waals surface area contributed by atoms with Crippen LogP contribution in [0.2, 0.25) is 0 Å². The fourth-order valence-corrected chi connectivity index (χ4v) is 2.07. The van der Waals surface area contributed by atoms with E-state index in [1.54, 1.807) is 18.5 Å². The Bertz CT molecular complexity index is 524. The van der Waals surface area contributed by atoms with Crippen LogP contribution in [0.25, 0.3) is 0 Å². The van der Waals surface area contributed by atoms with Crippen LogP contribution in [-0.4, -0.2) is 21.3 Å². The third kappa shape index (κ3) is 3.17. The molecule has 0 saturated heterocycles. The summed E-state index contributed by atoms with van der Waals surface area (Å²) in [5.74, 6) is -0.295. The van der Waals surface area contributed by atoms with E-state index in [9.17, 15) is 4.39 Å². The molecule has 2 aromatic rings. The Morgan fingerprint density at radius 2 is 2.26 bits per heavy atom. The van der Waals surface area contributed by atoms with E-state index < -0.39 is 0 Å². The Labute approximate surface area is 112 Å². The molecule has 0 aliphatic carbocycles. The average molecular weight is 262 g/mol. The van der Waals surface area contributed by atoms with Crippen molar-refractivity contribution in [2.45, 2.75) is 32.9 Å². The highest BCUT2D eigenvalue weighted by Gasteiger charge is 2.19. The van der Waals surface area contributed by atoms with E-state index in [-0.39, 0.29) is 11.9 Å². The number of nitrogens with zero attached hydrogens (tertiary/aromatic N) is 3. The Balaban J connectivity index is 2.31. The average Bonchev–Trinajstić information content (AvgIpc) is 2.86. The van der Waals surface area contributed by atoms with Gasteiger partial charge in [-0.05, 0) is 25.1 Å². The molecule has 0 aliphatic rings. The molecule has 102 valence electrons. The van der Waals surface area contributed by atoms with Crippen LogP contribution in [0.15, 0.2) is 30.7 Å². The molecular weight excluding hydrogens is 243 g/mol. The van der Waals surface area contributed by atoms with Gasteiger partial charge in [0.15, 0.2) is 0 Å². The van der Waals surface area contributed by atoms with Crippen LogP contribution in [0.5, 0.6) is 0 Å². The molecule has 0 aromatic carbocycles. The monoisotopic (exact) mass is 262 g/mol. The predicted molar refractivity (Wildman–Crippen MR) is 72.2 cm³/mol. The van der Waals surface area contributed by atoms with E-state index in [1.165, 1.54) is 6.07 Å². The van der Waals surface area contributed by atoms with Gasteiger partial charge in [-0.1, -0.05) is 13.8 Å². The third-order valence-corrected chi connectivity index (χ3v) is 2.91. The van der Waals surface area contributed by atoms with Crippen molar-refractivity contribution in [3.63, 3.8) is 0 Å². The summed E-state index contributed by atoms with van der Waals surface area (Å²) in [6, 6.07) is 2.78. The van der Waals surface area contributed by atoms with Gasteiger partial charge in [-0.15, -0.1) is 0 Å². The predicted octanol–water partition coefficient (Wildman–Crippen LogP) is 2.53. The first-order chi connectivity index (χ1) is 9.26. The standard InChI is InChI=1S/C14H19FN4/c1-3-8-19-10-11(9-18-19)13(16-4-2)14-12(15)6-5-7-17-14/h5-7,9-10,13,16H,3-4,8H2,1-2H3. The lowest BCUT2D eigenvalue weighted by atomic mass is 10.1. The van der Waals surface area contributed by atoms with Gasteiger partial charge < -0.3 is 5.32 Å². The van der Waals surface area contributed by atoms with Crippen LogP contribution >= 0.6 is 0 Å². The van der Waals surface area contributed by atoms with Crippen LogP contribution in [0.4, 0.5) is 4.39 Å². The zero-order chi connectivity index (χ0) is 13.7. The van der Waals surface area contributed by atoms with E-state index in [4.69, 9.17) is 0 Å². The van der Waals surface area contributed by atoms with Gasteiger partial charge in [0.2, 0.25) is 0 Å². The van der Waals surface area contributed by atoms with E-state index in [1.807, 2.05) is 17.8 Å². The van der Waals surface area contributed by atoms with Crippen molar-refractivity contribution in [2.24, 2.45) is 0 Å². The van der Waals surface area contributed by atoms with Crippen LogP contribution in [-0.2, 0) is 6.54 Å². The summed E-state index contributed by atoms with van der Waals surface area (Å²) in [6.45, 7) is 5.69. The number of nitrogens with one attached hydrogen (secondary N) is 1. The molecule has 0 radical (unpaired) electrons. The van der Waals surface area contributed by atoms with Crippen molar-refractivity contribution in [3.8, 4) is 0 Å². The number of halogens is 1. The highest BCUT2D eigenvalue weighted by atomic mass is 19.1. The SMILES string of the molecule is CCCn1cc(C(NCC)c2ncccc2F)cn1. The molecular formula is C14H19FN4. The second kappa shape index (κ2) is 6.43. The molecule has 0 fully saturated rings. The number of hydrogen-bond acceptors (Lipinski definition) is 3. The van der Waals surface area contributed by atoms with Crippen molar-refractivity contribution >= 4 is 0 Å². The lowest BCUT2D eigenvalue weighted by Crippen LogP contribution is -2.23. The highest BCUT2D eigenvalue weighted by Crippen LogP contribution is 2.22. The Kier molecular flexibility index (Phi) is 4.63. The number of hydrogen-bond donors (Lipinski definition) is 1. The molecule has 1 unspecified atom stereocenters. The second-order valence-electron chi connectivity index (χ2n) is 4.40. The second-order valence-corrected chi connectivity index (χ2v) is 4.40. The smallest absolute Gasteiger partial charge is 0.146 e. The molecule has 0 bridgehead atoms. The van der Waals surface area contributed by atoms with Gasteiger partial charge in [-0.3, -0.25) is 9.67 Å². The van der Waals surface area contributed by atoms with E-state index in [0.29, 0.717) is 5.69 Å². The first kappa shape index (κ1) is 13.7. The maximum Gasteiger partial charge on any atom is 0.146 e. The molecule has 0 spiro atoms. The normalized spacial score (nSPS) is 12.6. The van der Waals surface area contributed by atoms with Gasteiger partial charge in [0.25, 0.3) is 0 Å². The summed E-state index contributed by atoms with van der Waals surface area (Å²) in [6.07, 6.45) is 6.35. The maximum absolute atomic E-state index is 13.9. The van der Waals surface area contributed by atoms with Crippen molar-refractivity contribution < 1.29 is 4.39 Å². The minimum atomic E-state index is -0.295. The Morgan fingerprint density at radius 1 is 1.42 bits per heavy atom. The summed E-state index contributed by atoms with van der Waals surface area (Å²) < 4.78 is 15.7. The largest absolute Gasteiger partial charge is 0.305 e. The van der Waals surface area contributed by atoms with E-state index in [2.05, 4.69) is 22.3 Å². The Hall–Kier alpha value is -1.75. The molecule has 19 heavy (non-hydrogen) atoms. The van der Waals surface area contributed by atoms with Crippen LogP contribution in [0.3, 0.4) is 0 Å². The Morgan fingerprint density at radius 3 is 2.95 bits per heavy atom. The maximum atomic E-state index is 13.9. The van der Waals surface area contributed by atoms with Crippen molar-refractivity contribution in [1.82, 2.24) is 20.1 Å². The fraction of sp³-hybridized carbons (Fsp3) is 0.429. The summed E-state index contributed by atoms with van der Waals surface area (Å²) in [4.78, 5) is 4.15. The lowest BCUT2D eigenvalue weighted by molar-refractivity contribution is 0.541. The van der Waals surface area contributed by atoms with Gasteiger partial charge in [-0.2, -0.15) is 5.10 Å². The molecule has 5 heteroatoms. The topological polar surface area (TPSA) is 42.7 Å². The third-order valence-electron chi connectivity index (χ3n) is 2.91. The molecule has 2 heterocycles. The molecule has 0 amide bonds. The summed E-state index contributed by atoms with van der Waals surface area (Å²) >= 11 is 0. The summed E-state index contributed by atoms with van der Waals surface area (Å²) in [7, 11) is 0.